The van der Waals surface area contributed by atoms with Crippen LogP contribution in [-0.2, 0) is 30.8 Å². The van der Waals surface area contributed by atoms with Crippen LogP contribution >= 0.6 is 0 Å². The van der Waals surface area contributed by atoms with Crippen LogP contribution in [0.5, 0.6) is 0 Å². The number of aromatic nitrogens is 5. The molecule has 0 aliphatic heterocycles. The van der Waals surface area contributed by atoms with E-state index in [4.69, 9.17) is 9.15 Å². The lowest BCUT2D eigenvalue weighted by atomic mass is 10.0. The number of hydrogen-bond acceptors (Lipinski definition) is 7. The van der Waals surface area contributed by atoms with Crippen LogP contribution in [0.2, 0.25) is 0 Å². The van der Waals surface area contributed by atoms with Crippen LogP contribution in [0, 0.1) is 0 Å². The smallest absolute Gasteiger partial charge is 0.253 e. The fraction of sp³-hybridized carbons (Fsp3) is 0.286. The zero-order valence-corrected chi connectivity index (χ0v) is 21.0. The third-order valence-electron chi connectivity index (χ3n) is 6.48. The zero-order valence-electron chi connectivity index (χ0n) is 21.0. The van der Waals surface area contributed by atoms with Crippen LogP contribution in [-0.4, -0.2) is 43.8 Å². The molecular formula is C28H30N6O3. The third kappa shape index (κ3) is 5.52. The number of tetrazole rings is 1. The highest BCUT2D eigenvalue weighted by molar-refractivity contribution is 5.80. The molecule has 0 amide bonds. The van der Waals surface area contributed by atoms with Crippen LogP contribution in [0.15, 0.2) is 82.2 Å². The molecule has 9 nitrogen and oxygen atoms in total. The normalized spacial score (nSPS) is 12.4. The predicted molar refractivity (Wildman–Crippen MR) is 140 cm³/mol. The summed E-state index contributed by atoms with van der Waals surface area (Å²) in [5.74, 6) is 1.35. The number of methoxy groups -OCH3 is 1. The number of nitrogens with zero attached hydrogens (tertiary/aromatic N) is 5. The first-order chi connectivity index (χ1) is 18.2. The maximum atomic E-state index is 13.6. The first-order valence-corrected chi connectivity index (χ1v) is 12.4. The number of rotatable bonds is 11. The summed E-state index contributed by atoms with van der Waals surface area (Å²) in [5.41, 5.74) is 3.48. The molecule has 0 spiro atoms. The average Bonchev–Trinajstić information content (AvgIpc) is 3.60. The minimum absolute atomic E-state index is 0.180. The first-order valence-electron chi connectivity index (χ1n) is 12.4. The van der Waals surface area contributed by atoms with Gasteiger partial charge in [-0.15, -0.1) is 5.10 Å². The van der Waals surface area contributed by atoms with Crippen molar-refractivity contribution in [2.75, 3.05) is 13.7 Å². The second-order valence-corrected chi connectivity index (χ2v) is 8.95. The summed E-state index contributed by atoms with van der Waals surface area (Å²) in [6.45, 7) is 4.02. The van der Waals surface area contributed by atoms with E-state index in [2.05, 4.69) is 50.5 Å². The minimum atomic E-state index is -0.546. The van der Waals surface area contributed by atoms with Crippen LogP contribution in [0.1, 0.15) is 41.2 Å². The topological polar surface area (TPSA) is 102 Å². The fourth-order valence-corrected chi connectivity index (χ4v) is 4.60. The van der Waals surface area contributed by atoms with Gasteiger partial charge in [-0.2, -0.15) is 0 Å². The van der Waals surface area contributed by atoms with Crippen molar-refractivity contribution in [3.8, 4) is 0 Å². The number of pyridine rings is 1. The van der Waals surface area contributed by atoms with Crippen molar-refractivity contribution < 1.29 is 9.15 Å². The molecule has 0 fully saturated rings. The molecule has 0 aliphatic rings. The highest BCUT2D eigenvalue weighted by Crippen LogP contribution is 2.30. The number of aromatic amines is 1. The Hall–Kier alpha value is -4.08. The van der Waals surface area contributed by atoms with E-state index in [1.165, 1.54) is 5.56 Å². The molecule has 5 aromatic rings. The van der Waals surface area contributed by atoms with Gasteiger partial charge in [0.1, 0.15) is 11.8 Å². The number of H-pyrrole nitrogens is 1. The molecule has 0 saturated heterocycles. The standard InChI is InChI=1S/C28H30N6O3/c1-3-20-11-12-25-22(16-20)17-24(28(35)29-25)26(27-30-31-32-34(27)13-15-36-2)33(19-23-10-7-14-37-23)18-21-8-5-4-6-9-21/h4-12,14,16-17,26H,3,13,15,18-19H2,1-2H3,(H,29,35)/t26-/m0/s1. The summed E-state index contributed by atoms with van der Waals surface area (Å²) < 4.78 is 12.7. The SMILES string of the molecule is CCc1ccc2[nH]c(=O)c([C@@H](c3nnnn3CCOC)N(Cc3ccccc3)Cc3ccco3)cc2c1. The highest BCUT2D eigenvalue weighted by Gasteiger charge is 2.31. The lowest BCUT2D eigenvalue weighted by molar-refractivity contribution is 0.163. The molecule has 3 heterocycles. The number of furan rings is 1. The molecule has 190 valence electrons. The Labute approximate surface area is 214 Å². The van der Waals surface area contributed by atoms with Gasteiger partial charge in [-0.05, 0) is 63.7 Å². The van der Waals surface area contributed by atoms with E-state index in [9.17, 15) is 4.79 Å². The number of fused-ring (bicyclic) bond motifs is 1. The molecule has 0 bridgehead atoms. The van der Waals surface area contributed by atoms with Gasteiger partial charge in [-0.3, -0.25) is 9.69 Å². The van der Waals surface area contributed by atoms with Gasteiger partial charge in [-0.25, -0.2) is 4.68 Å². The number of ether oxygens (including phenoxy) is 1. The Morgan fingerprint density at radius 2 is 1.92 bits per heavy atom. The van der Waals surface area contributed by atoms with Gasteiger partial charge in [0.2, 0.25) is 0 Å². The maximum Gasteiger partial charge on any atom is 0.253 e. The second-order valence-electron chi connectivity index (χ2n) is 8.95. The molecule has 0 radical (unpaired) electrons. The fourth-order valence-electron chi connectivity index (χ4n) is 4.60. The van der Waals surface area contributed by atoms with E-state index < -0.39 is 6.04 Å². The Kier molecular flexibility index (Phi) is 7.53. The largest absolute Gasteiger partial charge is 0.468 e. The molecule has 1 N–H and O–H groups in total. The van der Waals surface area contributed by atoms with E-state index in [1.54, 1.807) is 18.1 Å². The molecule has 0 unspecified atom stereocenters. The summed E-state index contributed by atoms with van der Waals surface area (Å²) in [7, 11) is 1.64. The van der Waals surface area contributed by atoms with E-state index in [0.29, 0.717) is 37.6 Å². The second kappa shape index (κ2) is 11.3. The van der Waals surface area contributed by atoms with Crippen LogP contribution in [0.25, 0.3) is 10.9 Å². The number of benzene rings is 2. The lowest BCUT2D eigenvalue weighted by Crippen LogP contribution is -2.35. The van der Waals surface area contributed by atoms with E-state index in [-0.39, 0.29) is 5.56 Å². The van der Waals surface area contributed by atoms with Gasteiger partial charge in [0.05, 0.1) is 26.0 Å². The van der Waals surface area contributed by atoms with E-state index in [1.807, 2.05) is 48.5 Å². The Morgan fingerprint density at radius 1 is 1.05 bits per heavy atom. The molecular weight excluding hydrogens is 468 g/mol. The molecule has 3 aromatic heterocycles. The van der Waals surface area contributed by atoms with Gasteiger partial charge in [0.25, 0.3) is 5.56 Å². The van der Waals surface area contributed by atoms with Crippen molar-refractivity contribution in [2.45, 2.75) is 39.0 Å². The average molecular weight is 499 g/mol. The van der Waals surface area contributed by atoms with Crippen LogP contribution in [0.4, 0.5) is 0 Å². The van der Waals surface area contributed by atoms with E-state index >= 15 is 0 Å². The molecule has 37 heavy (non-hydrogen) atoms. The number of hydrogen-bond donors (Lipinski definition) is 1. The highest BCUT2D eigenvalue weighted by atomic mass is 16.5. The molecule has 0 saturated carbocycles. The zero-order chi connectivity index (χ0) is 25.6. The van der Waals surface area contributed by atoms with Crippen molar-refractivity contribution in [3.05, 3.63) is 112 Å². The van der Waals surface area contributed by atoms with Crippen LogP contribution < -0.4 is 5.56 Å². The molecule has 2 aromatic carbocycles. The summed E-state index contributed by atoms with van der Waals surface area (Å²) >= 11 is 0. The Bertz CT molecular complexity index is 1490. The summed E-state index contributed by atoms with van der Waals surface area (Å²) in [6.07, 6.45) is 2.56. The number of aryl methyl sites for hydroxylation is 1. The van der Waals surface area contributed by atoms with Crippen molar-refractivity contribution in [1.29, 1.82) is 0 Å². The van der Waals surface area contributed by atoms with Gasteiger partial charge >= 0.3 is 0 Å². The van der Waals surface area contributed by atoms with Gasteiger partial charge < -0.3 is 14.1 Å². The summed E-state index contributed by atoms with van der Waals surface area (Å²) in [4.78, 5) is 18.9. The monoisotopic (exact) mass is 498 g/mol. The van der Waals surface area contributed by atoms with Crippen molar-refractivity contribution >= 4 is 10.9 Å². The Morgan fingerprint density at radius 3 is 2.68 bits per heavy atom. The van der Waals surface area contributed by atoms with Gasteiger partial charge in [-0.1, -0.05) is 43.3 Å². The van der Waals surface area contributed by atoms with Crippen molar-refractivity contribution in [2.24, 2.45) is 0 Å². The van der Waals surface area contributed by atoms with Crippen molar-refractivity contribution in [3.63, 3.8) is 0 Å². The van der Waals surface area contributed by atoms with Gasteiger partial charge in [0.15, 0.2) is 5.82 Å². The quantitative estimate of drug-likeness (QED) is 0.292. The minimum Gasteiger partial charge on any atom is -0.468 e. The summed E-state index contributed by atoms with van der Waals surface area (Å²) in [6, 6.07) is 21.5. The molecule has 9 heteroatoms. The molecule has 5 rings (SSSR count). The van der Waals surface area contributed by atoms with Gasteiger partial charge in [0, 0.05) is 24.7 Å². The predicted octanol–water partition coefficient (Wildman–Crippen LogP) is 4.11. The Balaban J connectivity index is 1.68. The molecule has 1 atom stereocenters. The maximum absolute atomic E-state index is 13.6. The van der Waals surface area contributed by atoms with Crippen molar-refractivity contribution in [1.82, 2.24) is 30.1 Å². The van der Waals surface area contributed by atoms with E-state index in [0.717, 1.165) is 28.6 Å². The number of nitrogens with one attached hydrogen (secondary N) is 1. The lowest BCUT2D eigenvalue weighted by Gasteiger charge is -2.30. The third-order valence-corrected chi connectivity index (χ3v) is 6.48. The molecule has 0 aliphatic carbocycles. The first kappa shape index (κ1) is 24.6. The van der Waals surface area contributed by atoms with Crippen LogP contribution in [0.3, 0.4) is 0 Å². The summed E-state index contributed by atoms with van der Waals surface area (Å²) in [5, 5.41) is 13.6.